The molecule has 0 amide bonds. The Kier molecular flexibility index (Phi) is 4.85. The first kappa shape index (κ1) is 16.1. The zero-order valence-corrected chi connectivity index (χ0v) is 11.7. The minimum atomic E-state index is -4.42. The maximum absolute atomic E-state index is 12.5. The fraction of sp³-hybridized carbons (Fsp3) is 0.235. The molecule has 0 aliphatic heterocycles. The van der Waals surface area contributed by atoms with Crippen LogP contribution in [0.15, 0.2) is 54.6 Å². The number of aliphatic carboxylic acids is 1. The van der Waals surface area contributed by atoms with E-state index in [2.05, 4.69) is 0 Å². The number of hydrogen-bond acceptors (Lipinski definition) is 1. The first-order valence-corrected chi connectivity index (χ1v) is 6.82. The molecule has 0 aromatic heterocycles. The molecule has 5 heteroatoms. The number of rotatable bonds is 5. The van der Waals surface area contributed by atoms with Crippen LogP contribution in [0.1, 0.15) is 29.0 Å². The predicted octanol–water partition coefficient (Wildman–Crippen LogP) is 4.51. The maximum Gasteiger partial charge on any atom is 0.416 e. The van der Waals surface area contributed by atoms with E-state index < -0.39 is 23.6 Å². The number of hydrogen-bond donors (Lipinski definition) is 1. The number of carbonyl (C=O) groups is 1. The molecule has 116 valence electrons. The standard InChI is InChI=1S/C17H15F3O2/c18-17(19,20)14-9-7-13(8-10-14)15(16(21)22)11-6-12-4-2-1-3-5-12/h1-5,7-10,15H,6,11H2,(H,21,22). The van der Waals surface area contributed by atoms with Gasteiger partial charge in [0.15, 0.2) is 0 Å². The Hall–Kier alpha value is -2.30. The summed E-state index contributed by atoms with van der Waals surface area (Å²) in [7, 11) is 0. The SMILES string of the molecule is O=C(O)C(CCc1ccccc1)c1ccc(C(F)(F)F)cc1. The van der Waals surface area contributed by atoms with E-state index in [-0.39, 0.29) is 0 Å². The highest BCUT2D eigenvalue weighted by Crippen LogP contribution is 2.31. The number of carboxylic acid groups (broad SMARTS) is 1. The van der Waals surface area contributed by atoms with E-state index in [0.29, 0.717) is 18.4 Å². The van der Waals surface area contributed by atoms with Gasteiger partial charge in [0.05, 0.1) is 11.5 Å². The molecule has 0 aliphatic carbocycles. The minimum Gasteiger partial charge on any atom is -0.481 e. The van der Waals surface area contributed by atoms with Gasteiger partial charge >= 0.3 is 12.1 Å². The lowest BCUT2D eigenvalue weighted by Gasteiger charge is -2.14. The second-order valence-electron chi connectivity index (χ2n) is 5.03. The Morgan fingerprint density at radius 3 is 2.09 bits per heavy atom. The van der Waals surface area contributed by atoms with E-state index in [1.54, 1.807) is 0 Å². The molecule has 0 aliphatic rings. The molecule has 1 N–H and O–H groups in total. The van der Waals surface area contributed by atoms with E-state index in [0.717, 1.165) is 17.7 Å². The lowest BCUT2D eigenvalue weighted by Crippen LogP contribution is -2.13. The summed E-state index contributed by atoms with van der Waals surface area (Å²) >= 11 is 0. The summed E-state index contributed by atoms with van der Waals surface area (Å²) in [6.07, 6.45) is -3.52. The number of carboxylic acids is 1. The van der Waals surface area contributed by atoms with Gasteiger partial charge in [-0.2, -0.15) is 13.2 Å². The van der Waals surface area contributed by atoms with Crippen LogP contribution in [-0.2, 0) is 17.4 Å². The smallest absolute Gasteiger partial charge is 0.416 e. The molecule has 0 saturated heterocycles. The van der Waals surface area contributed by atoms with Crippen LogP contribution in [0.2, 0.25) is 0 Å². The summed E-state index contributed by atoms with van der Waals surface area (Å²) < 4.78 is 37.6. The van der Waals surface area contributed by atoms with Crippen LogP contribution in [0.25, 0.3) is 0 Å². The molecule has 1 atom stereocenters. The molecule has 0 heterocycles. The third-order valence-electron chi connectivity index (χ3n) is 3.50. The van der Waals surface area contributed by atoms with Gasteiger partial charge < -0.3 is 5.11 Å². The van der Waals surface area contributed by atoms with Crippen molar-refractivity contribution >= 4 is 5.97 Å². The highest BCUT2D eigenvalue weighted by atomic mass is 19.4. The van der Waals surface area contributed by atoms with Gasteiger partial charge in [0, 0.05) is 0 Å². The first-order valence-electron chi connectivity index (χ1n) is 6.82. The van der Waals surface area contributed by atoms with E-state index in [1.165, 1.54) is 12.1 Å². The summed E-state index contributed by atoms with van der Waals surface area (Å²) in [4.78, 5) is 11.4. The zero-order chi connectivity index (χ0) is 16.2. The molecule has 2 aromatic carbocycles. The molecule has 2 aromatic rings. The normalized spacial score (nSPS) is 12.9. The van der Waals surface area contributed by atoms with Crippen LogP contribution < -0.4 is 0 Å². The summed E-state index contributed by atoms with van der Waals surface area (Å²) in [5.74, 6) is -1.85. The summed E-state index contributed by atoms with van der Waals surface area (Å²) in [6, 6.07) is 13.7. The van der Waals surface area contributed by atoms with Gasteiger partial charge in [-0.05, 0) is 36.1 Å². The minimum absolute atomic E-state index is 0.338. The zero-order valence-electron chi connectivity index (χ0n) is 11.7. The van der Waals surface area contributed by atoms with Gasteiger partial charge in [0.2, 0.25) is 0 Å². The van der Waals surface area contributed by atoms with Crippen LogP contribution in [0.4, 0.5) is 13.2 Å². The maximum atomic E-state index is 12.5. The lowest BCUT2D eigenvalue weighted by molar-refractivity contribution is -0.139. The molecule has 0 saturated carbocycles. The molecule has 1 unspecified atom stereocenters. The summed E-state index contributed by atoms with van der Waals surface area (Å²) in [5, 5.41) is 9.31. The predicted molar refractivity (Wildman–Crippen MR) is 76.6 cm³/mol. The van der Waals surface area contributed by atoms with Crippen molar-refractivity contribution in [2.24, 2.45) is 0 Å². The van der Waals surface area contributed by atoms with Crippen LogP contribution in [-0.4, -0.2) is 11.1 Å². The monoisotopic (exact) mass is 308 g/mol. The second kappa shape index (κ2) is 6.64. The van der Waals surface area contributed by atoms with Crippen LogP contribution in [0, 0.1) is 0 Å². The number of aryl methyl sites for hydroxylation is 1. The molecular weight excluding hydrogens is 293 g/mol. The number of benzene rings is 2. The molecule has 2 nitrogen and oxygen atoms in total. The molecule has 0 spiro atoms. The van der Waals surface area contributed by atoms with Gasteiger partial charge in [-0.15, -0.1) is 0 Å². The Balaban J connectivity index is 2.13. The average Bonchev–Trinajstić information content (AvgIpc) is 2.48. The van der Waals surface area contributed by atoms with Gasteiger partial charge in [-0.3, -0.25) is 4.79 Å². The van der Waals surface area contributed by atoms with Crippen molar-refractivity contribution in [3.8, 4) is 0 Å². The fourth-order valence-electron chi connectivity index (χ4n) is 2.29. The van der Waals surface area contributed by atoms with Crippen LogP contribution >= 0.6 is 0 Å². The van der Waals surface area contributed by atoms with E-state index >= 15 is 0 Å². The van der Waals surface area contributed by atoms with Gasteiger partial charge in [-0.25, -0.2) is 0 Å². The first-order chi connectivity index (χ1) is 10.4. The lowest BCUT2D eigenvalue weighted by atomic mass is 9.92. The highest BCUT2D eigenvalue weighted by Gasteiger charge is 2.30. The van der Waals surface area contributed by atoms with Gasteiger partial charge in [0.25, 0.3) is 0 Å². The van der Waals surface area contributed by atoms with E-state index in [4.69, 9.17) is 0 Å². The van der Waals surface area contributed by atoms with Crippen molar-refractivity contribution in [3.05, 3.63) is 71.3 Å². The van der Waals surface area contributed by atoms with Gasteiger partial charge in [-0.1, -0.05) is 42.5 Å². The van der Waals surface area contributed by atoms with Crippen molar-refractivity contribution in [2.45, 2.75) is 24.9 Å². The topological polar surface area (TPSA) is 37.3 Å². The van der Waals surface area contributed by atoms with Gasteiger partial charge in [0.1, 0.15) is 0 Å². The van der Waals surface area contributed by atoms with Crippen molar-refractivity contribution < 1.29 is 23.1 Å². The quantitative estimate of drug-likeness (QED) is 0.882. The summed E-state index contributed by atoms with van der Waals surface area (Å²) in [5.41, 5.74) is 0.612. The van der Waals surface area contributed by atoms with Crippen LogP contribution in [0.3, 0.4) is 0 Å². The molecule has 0 fully saturated rings. The molecular formula is C17H15F3O2. The third kappa shape index (κ3) is 4.10. The molecule has 22 heavy (non-hydrogen) atoms. The number of alkyl halides is 3. The fourth-order valence-corrected chi connectivity index (χ4v) is 2.29. The van der Waals surface area contributed by atoms with Crippen molar-refractivity contribution in [1.82, 2.24) is 0 Å². The third-order valence-corrected chi connectivity index (χ3v) is 3.50. The average molecular weight is 308 g/mol. The molecule has 0 radical (unpaired) electrons. The summed E-state index contributed by atoms with van der Waals surface area (Å²) in [6.45, 7) is 0. The van der Waals surface area contributed by atoms with Crippen molar-refractivity contribution in [3.63, 3.8) is 0 Å². The van der Waals surface area contributed by atoms with E-state index in [1.807, 2.05) is 30.3 Å². The van der Waals surface area contributed by atoms with Crippen molar-refractivity contribution in [1.29, 1.82) is 0 Å². The van der Waals surface area contributed by atoms with E-state index in [9.17, 15) is 23.1 Å². The highest BCUT2D eigenvalue weighted by molar-refractivity contribution is 5.76. The Morgan fingerprint density at radius 1 is 1.00 bits per heavy atom. The van der Waals surface area contributed by atoms with Crippen LogP contribution in [0.5, 0.6) is 0 Å². The molecule has 0 bridgehead atoms. The Morgan fingerprint density at radius 2 is 1.59 bits per heavy atom. The van der Waals surface area contributed by atoms with Crippen molar-refractivity contribution in [2.75, 3.05) is 0 Å². The Labute approximate surface area is 126 Å². The number of halogens is 3. The Bertz CT molecular complexity index is 619. The second-order valence-corrected chi connectivity index (χ2v) is 5.03. The largest absolute Gasteiger partial charge is 0.481 e. The molecule has 2 rings (SSSR count).